The standard InChI is InChI=1S/C13H14ClN3S/c1-9-5-13(16-8-15-9)17-11-3-4-12(14)10(6-11)7-18-2/h3-6,8H,7H2,1-2H3,(H,15,16,17). The average Bonchev–Trinajstić information content (AvgIpc) is 2.34. The Bertz CT molecular complexity index is 546. The summed E-state index contributed by atoms with van der Waals surface area (Å²) in [6.45, 7) is 1.94. The molecule has 2 aromatic rings. The molecule has 0 amide bonds. The van der Waals surface area contributed by atoms with Crippen molar-refractivity contribution >= 4 is 34.9 Å². The third kappa shape index (κ3) is 3.37. The van der Waals surface area contributed by atoms with Crippen molar-refractivity contribution in [3.05, 3.63) is 46.9 Å². The topological polar surface area (TPSA) is 37.8 Å². The molecule has 0 saturated carbocycles. The molecule has 0 fully saturated rings. The molecule has 0 aliphatic rings. The van der Waals surface area contributed by atoms with Gasteiger partial charge in [-0.2, -0.15) is 11.8 Å². The van der Waals surface area contributed by atoms with E-state index in [0.717, 1.165) is 33.5 Å². The van der Waals surface area contributed by atoms with Gasteiger partial charge in [0.2, 0.25) is 0 Å². The van der Waals surface area contributed by atoms with Crippen LogP contribution in [-0.4, -0.2) is 16.2 Å². The van der Waals surface area contributed by atoms with Gasteiger partial charge in [-0.05, 0) is 36.9 Å². The number of nitrogens with zero attached hydrogens (tertiary/aromatic N) is 2. The highest BCUT2D eigenvalue weighted by molar-refractivity contribution is 7.97. The average molecular weight is 280 g/mol. The number of anilines is 2. The predicted molar refractivity (Wildman–Crippen MR) is 78.7 cm³/mol. The summed E-state index contributed by atoms with van der Waals surface area (Å²) < 4.78 is 0. The van der Waals surface area contributed by atoms with Crippen LogP contribution in [0.15, 0.2) is 30.6 Å². The lowest BCUT2D eigenvalue weighted by Crippen LogP contribution is -1.96. The Balaban J connectivity index is 2.21. The fourth-order valence-corrected chi connectivity index (χ4v) is 2.40. The number of nitrogens with one attached hydrogen (secondary N) is 1. The number of aromatic nitrogens is 2. The van der Waals surface area contributed by atoms with E-state index < -0.39 is 0 Å². The van der Waals surface area contributed by atoms with E-state index in [-0.39, 0.29) is 0 Å². The number of aryl methyl sites for hydroxylation is 1. The highest BCUT2D eigenvalue weighted by atomic mass is 35.5. The van der Waals surface area contributed by atoms with Crippen LogP contribution in [0.25, 0.3) is 0 Å². The monoisotopic (exact) mass is 279 g/mol. The van der Waals surface area contributed by atoms with Gasteiger partial charge in [-0.1, -0.05) is 11.6 Å². The molecule has 0 aliphatic heterocycles. The molecule has 3 nitrogen and oxygen atoms in total. The number of hydrogen-bond acceptors (Lipinski definition) is 4. The highest BCUT2D eigenvalue weighted by Gasteiger charge is 2.03. The van der Waals surface area contributed by atoms with Gasteiger partial charge in [0.15, 0.2) is 0 Å². The van der Waals surface area contributed by atoms with Crippen molar-refractivity contribution < 1.29 is 0 Å². The molecule has 1 aromatic carbocycles. The fraction of sp³-hybridized carbons (Fsp3) is 0.231. The first kappa shape index (κ1) is 13.2. The van der Waals surface area contributed by atoms with Gasteiger partial charge >= 0.3 is 0 Å². The van der Waals surface area contributed by atoms with Gasteiger partial charge in [0.25, 0.3) is 0 Å². The van der Waals surface area contributed by atoms with Gasteiger partial charge in [0, 0.05) is 28.2 Å². The van der Waals surface area contributed by atoms with Crippen molar-refractivity contribution in [1.82, 2.24) is 9.97 Å². The van der Waals surface area contributed by atoms with Crippen LogP contribution in [0.2, 0.25) is 5.02 Å². The molecule has 0 saturated heterocycles. The van der Waals surface area contributed by atoms with Crippen molar-refractivity contribution in [3.63, 3.8) is 0 Å². The Labute approximate surface area is 116 Å². The molecule has 0 spiro atoms. The number of halogens is 1. The van der Waals surface area contributed by atoms with Crippen LogP contribution >= 0.6 is 23.4 Å². The summed E-state index contributed by atoms with van der Waals surface area (Å²) in [5, 5.41) is 4.05. The summed E-state index contributed by atoms with van der Waals surface area (Å²) in [7, 11) is 0. The molecular weight excluding hydrogens is 266 g/mol. The minimum atomic E-state index is 0.792. The first-order valence-corrected chi connectivity index (χ1v) is 7.29. The van der Waals surface area contributed by atoms with Crippen LogP contribution in [0.5, 0.6) is 0 Å². The van der Waals surface area contributed by atoms with Crippen LogP contribution in [0.4, 0.5) is 11.5 Å². The van der Waals surface area contributed by atoms with Crippen molar-refractivity contribution in [3.8, 4) is 0 Å². The zero-order valence-corrected chi connectivity index (χ0v) is 11.8. The smallest absolute Gasteiger partial charge is 0.133 e. The molecule has 2 rings (SSSR count). The largest absolute Gasteiger partial charge is 0.340 e. The molecule has 5 heteroatoms. The maximum Gasteiger partial charge on any atom is 0.133 e. The second-order valence-corrected chi connectivity index (χ2v) is 5.18. The summed E-state index contributed by atoms with van der Waals surface area (Å²) in [6, 6.07) is 7.81. The Morgan fingerprint density at radius 1 is 1.28 bits per heavy atom. The number of rotatable bonds is 4. The van der Waals surface area contributed by atoms with Crippen molar-refractivity contribution in [2.45, 2.75) is 12.7 Å². The first-order valence-electron chi connectivity index (χ1n) is 5.52. The second-order valence-electron chi connectivity index (χ2n) is 3.91. The maximum absolute atomic E-state index is 6.14. The van der Waals surface area contributed by atoms with Crippen LogP contribution in [0.1, 0.15) is 11.3 Å². The maximum atomic E-state index is 6.14. The molecule has 18 heavy (non-hydrogen) atoms. The number of hydrogen-bond donors (Lipinski definition) is 1. The molecule has 0 bridgehead atoms. The summed E-state index contributed by atoms with van der Waals surface area (Å²) in [6.07, 6.45) is 3.61. The van der Waals surface area contributed by atoms with E-state index in [4.69, 9.17) is 11.6 Å². The summed E-state index contributed by atoms with van der Waals surface area (Å²) in [5.74, 6) is 1.69. The second kappa shape index (κ2) is 6.07. The Morgan fingerprint density at radius 2 is 2.11 bits per heavy atom. The molecule has 0 radical (unpaired) electrons. The quantitative estimate of drug-likeness (QED) is 0.916. The van der Waals surface area contributed by atoms with Gasteiger partial charge in [-0.15, -0.1) is 0 Å². The molecule has 0 aliphatic carbocycles. The minimum Gasteiger partial charge on any atom is -0.340 e. The Morgan fingerprint density at radius 3 is 2.83 bits per heavy atom. The van der Waals surface area contributed by atoms with Gasteiger partial charge < -0.3 is 5.32 Å². The fourth-order valence-electron chi connectivity index (χ4n) is 1.59. The molecule has 0 atom stereocenters. The van der Waals surface area contributed by atoms with E-state index in [1.807, 2.05) is 25.1 Å². The lowest BCUT2D eigenvalue weighted by atomic mass is 10.2. The highest BCUT2D eigenvalue weighted by Crippen LogP contribution is 2.25. The summed E-state index contributed by atoms with van der Waals surface area (Å²) in [5.41, 5.74) is 3.05. The van der Waals surface area contributed by atoms with E-state index in [0.29, 0.717) is 0 Å². The summed E-state index contributed by atoms with van der Waals surface area (Å²) in [4.78, 5) is 8.24. The third-order valence-electron chi connectivity index (χ3n) is 2.42. The molecular formula is C13H14ClN3S. The molecule has 94 valence electrons. The van der Waals surface area contributed by atoms with E-state index in [9.17, 15) is 0 Å². The zero-order chi connectivity index (χ0) is 13.0. The Hall–Kier alpha value is -1.26. The zero-order valence-electron chi connectivity index (χ0n) is 10.3. The SMILES string of the molecule is CSCc1cc(Nc2cc(C)ncn2)ccc1Cl. The van der Waals surface area contributed by atoms with Crippen LogP contribution in [0.3, 0.4) is 0 Å². The van der Waals surface area contributed by atoms with Crippen molar-refractivity contribution in [2.75, 3.05) is 11.6 Å². The normalized spacial score (nSPS) is 10.4. The minimum absolute atomic E-state index is 0.792. The molecule has 1 N–H and O–H groups in total. The number of benzene rings is 1. The van der Waals surface area contributed by atoms with Crippen molar-refractivity contribution in [2.24, 2.45) is 0 Å². The van der Waals surface area contributed by atoms with E-state index in [1.165, 1.54) is 0 Å². The van der Waals surface area contributed by atoms with Gasteiger partial charge in [-0.3, -0.25) is 0 Å². The number of thioether (sulfide) groups is 1. The third-order valence-corrected chi connectivity index (χ3v) is 3.39. The van der Waals surface area contributed by atoms with Gasteiger partial charge in [-0.25, -0.2) is 9.97 Å². The first-order chi connectivity index (χ1) is 8.69. The van der Waals surface area contributed by atoms with E-state index in [2.05, 4.69) is 27.6 Å². The lowest BCUT2D eigenvalue weighted by molar-refractivity contribution is 1.10. The Kier molecular flexibility index (Phi) is 4.44. The van der Waals surface area contributed by atoms with Gasteiger partial charge in [0.1, 0.15) is 12.1 Å². The summed E-state index contributed by atoms with van der Waals surface area (Å²) >= 11 is 7.88. The molecule has 1 heterocycles. The van der Waals surface area contributed by atoms with Crippen molar-refractivity contribution in [1.29, 1.82) is 0 Å². The predicted octanol–water partition coefficient (Wildman–Crippen LogP) is 4.05. The molecule has 1 aromatic heterocycles. The van der Waals surface area contributed by atoms with E-state index >= 15 is 0 Å². The van der Waals surface area contributed by atoms with Gasteiger partial charge in [0.05, 0.1) is 0 Å². The van der Waals surface area contributed by atoms with E-state index in [1.54, 1.807) is 18.1 Å². The van der Waals surface area contributed by atoms with Crippen LogP contribution < -0.4 is 5.32 Å². The van der Waals surface area contributed by atoms with Crippen LogP contribution in [-0.2, 0) is 5.75 Å². The van der Waals surface area contributed by atoms with Crippen LogP contribution in [0, 0.1) is 6.92 Å². The molecule has 0 unspecified atom stereocenters. The lowest BCUT2D eigenvalue weighted by Gasteiger charge is -2.09.